The molecule has 17 heavy (non-hydrogen) atoms. The summed E-state index contributed by atoms with van der Waals surface area (Å²) in [6, 6.07) is 2.16. The van der Waals surface area contributed by atoms with Crippen LogP contribution in [-0.4, -0.2) is 19.1 Å². The van der Waals surface area contributed by atoms with E-state index in [1.54, 1.807) is 0 Å². The molecule has 0 spiro atoms. The van der Waals surface area contributed by atoms with Crippen molar-refractivity contribution in [3.63, 3.8) is 0 Å². The molecule has 94 valence electrons. The maximum atomic E-state index is 13.5. The van der Waals surface area contributed by atoms with Gasteiger partial charge in [0.1, 0.15) is 0 Å². The van der Waals surface area contributed by atoms with E-state index in [0.717, 1.165) is 12.1 Å². The van der Waals surface area contributed by atoms with Crippen molar-refractivity contribution in [1.82, 2.24) is 5.32 Å². The van der Waals surface area contributed by atoms with Gasteiger partial charge in [-0.15, -0.1) is 0 Å². The highest BCUT2D eigenvalue weighted by atomic mass is 19.1. The summed E-state index contributed by atoms with van der Waals surface area (Å²) in [7, 11) is 1.41. The number of nitrogens with two attached hydrogens (primary N) is 1. The topological polar surface area (TPSA) is 64.3 Å². The van der Waals surface area contributed by atoms with E-state index >= 15 is 0 Å². The van der Waals surface area contributed by atoms with E-state index in [-0.39, 0.29) is 6.54 Å². The molecule has 0 saturated carbocycles. The zero-order valence-corrected chi connectivity index (χ0v) is 9.59. The third kappa shape index (κ3) is 3.13. The van der Waals surface area contributed by atoms with Crippen molar-refractivity contribution in [3.8, 4) is 5.75 Å². The monoisotopic (exact) mass is 244 g/mol. The number of amides is 1. The molecule has 4 nitrogen and oxygen atoms in total. The van der Waals surface area contributed by atoms with Crippen LogP contribution in [-0.2, 0) is 11.3 Å². The second-order valence-electron chi connectivity index (χ2n) is 3.47. The molecule has 0 aliphatic carbocycles. The summed E-state index contributed by atoms with van der Waals surface area (Å²) in [5.41, 5.74) is 5.59. The van der Waals surface area contributed by atoms with Crippen molar-refractivity contribution < 1.29 is 18.3 Å². The van der Waals surface area contributed by atoms with Crippen molar-refractivity contribution >= 4 is 5.91 Å². The summed E-state index contributed by atoms with van der Waals surface area (Å²) in [6.07, 6.45) is -0.979. The molecular weight excluding hydrogens is 230 g/mol. The molecule has 0 heterocycles. The van der Waals surface area contributed by atoms with E-state index in [4.69, 9.17) is 10.5 Å². The SMILES string of the molecule is CNC(=O)C(C)Oc1c(F)cc(CN)cc1F. The van der Waals surface area contributed by atoms with Gasteiger partial charge in [-0.2, -0.15) is 0 Å². The third-order valence-corrected chi connectivity index (χ3v) is 2.20. The van der Waals surface area contributed by atoms with Gasteiger partial charge in [0.15, 0.2) is 23.5 Å². The fraction of sp³-hybridized carbons (Fsp3) is 0.364. The van der Waals surface area contributed by atoms with Gasteiger partial charge in [0.25, 0.3) is 5.91 Å². The van der Waals surface area contributed by atoms with Crippen LogP contribution in [0.4, 0.5) is 8.78 Å². The highest BCUT2D eigenvalue weighted by Crippen LogP contribution is 2.24. The van der Waals surface area contributed by atoms with E-state index in [2.05, 4.69) is 5.32 Å². The lowest BCUT2D eigenvalue weighted by atomic mass is 10.2. The Balaban J connectivity index is 2.95. The summed E-state index contributed by atoms with van der Waals surface area (Å²) in [6.45, 7) is 1.42. The van der Waals surface area contributed by atoms with E-state index in [1.165, 1.54) is 14.0 Å². The molecular formula is C11H14F2N2O2. The predicted molar refractivity (Wildman–Crippen MR) is 58.4 cm³/mol. The summed E-state index contributed by atoms with van der Waals surface area (Å²) in [4.78, 5) is 11.2. The van der Waals surface area contributed by atoms with Gasteiger partial charge in [-0.05, 0) is 24.6 Å². The smallest absolute Gasteiger partial charge is 0.260 e. The van der Waals surface area contributed by atoms with Crippen molar-refractivity contribution in [1.29, 1.82) is 0 Å². The Morgan fingerprint density at radius 2 is 2.00 bits per heavy atom. The summed E-state index contributed by atoms with van der Waals surface area (Å²) in [5.74, 6) is -2.78. The standard InChI is InChI=1S/C11H14F2N2O2/c1-6(11(16)15-2)17-10-8(12)3-7(5-14)4-9(10)13/h3-4,6H,5,14H2,1-2H3,(H,15,16). The second-order valence-corrected chi connectivity index (χ2v) is 3.47. The van der Waals surface area contributed by atoms with Crippen molar-refractivity contribution in [2.45, 2.75) is 19.6 Å². The second kappa shape index (κ2) is 5.58. The van der Waals surface area contributed by atoms with Crippen LogP contribution in [0.3, 0.4) is 0 Å². The van der Waals surface area contributed by atoms with Gasteiger partial charge in [-0.1, -0.05) is 0 Å². The van der Waals surface area contributed by atoms with Crippen LogP contribution in [0.25, 0.3) is 0 Å². The van der Waals surface area contributed by atoms with Crippen LogP contribution >= 0.6 is 0 Å². The predicted octanol–water partition coefficient (Wildman–Crippen LogP) is 0.937. The summed E-state index contributed by atoms with van der Waals surface area (Å²) in [5, 5.41) is 2.32. The molecule has 0 saturated heterocycles. The molecule has 3 N–H and O–H groups in total. The van der Waals surface area contributed by atoms with E-state index < -0.39 is 29.4 Å². The van der Waals surface area contributed by atoms with Gasteiger partial charge in [-0.3, -0.25) is 4.79 Å². The number of nitrogens with one attached hydrogen (secondary N) is 1. The number of carbonyl (C=O) groups excluding carboxylic acids is 1. The molecule has 6 heteroatoms. The number of likely N-dealkylation sites (N-methyl/N-ethyl adjacent to an activating group) is 1. The maximum Gasteiger partial charge on any atom is 0.260 e. The molecule has 0 aromatic heterocycles. The van der Waals surface area contributed by atoms with Crippen molar-refractivity contribution in [3.05, 3.63) is 29.3 Å². The molecule has 1 atom stereocenters. The first-order valence-corrected chi connectivity index (χ1v) is 5.05. The third-order valence-electron chi connectivity index (χ3n) is 2.20. The van der Waals surface area contributed by atoms with E-state index in [9.17, 15) is 13.6 Å². The lowest BCUT2D eigenvalue weighted by Gasteiger charge is -2.14. The highest BCUT2D eigenvalue weighted by molar-refractivity contribution is 5.80. The maximum absolute atomic E-state index is 13.5. The first-order chi connectivity index (χ1) is 7.99. The van der Waals surface area contributed by atoms with Gasteiger partial charge in [0.05, 0.1) is 0 Å². The normalized spacial score (nSPS) is 12.1. The van der Waals surface area contributed by atoms with Crippen LogP contribution < -0.4 is 15.8 Å². The fourth-order valence-corrected chi connectivity index (χ4v) is 1.28. The lowest BCUT2D eigenvalue weighted by Crippen LogP contribution is -2.34. The molecule has 1 rings (SSSR count). The number of rotatable bonds is 4. The van der Waals surface area contributed by atoms with Gasteiger partial charge in [0, 0.05) is 13.6 Å². The zero-order valence-electron chi connectivity index (χ0n) is 9.59. The summed E-state index contributed by atoms with van der Waals surface area (Å²) >= 11 is 0. The van der Waals surface area contributed by atoms with Gasteiger partial charge < -0.3 is 15.8 Å². The van der Waals surface area contributed by atoms with Crippen LogP contribution in [0.5, 0.6) is 5.75 Å². The van der Waals surface area contributed by atoms with Gasteiger partial charge >= 0.3 is 0 Å². The molecule has 0 radical (unpaired) electrons. The average Bonchev–Trinajstić information content (AvgIpc) is 2.31. The number of hydrogen-bond donors (Lipinski definition) is 2. The Morgan fingerprint density at radius 1 is 1.47 bits per heavy atom. The number of benzene rings is 1. The van der Waals surface area contributed by atoms with Crippen LogP contribution in [0.15, 0.2) is 12.1 Å². The number of ether oxygens (including phenoxy) is 1. The molecule has 0 aliphatic heterocycles. The first kappa shape index (κ1) is 13.4. The molecule has 1 amide bonds. The lowest BCUT2D eigenvalue weighted by molar-refractivity contribution is -0.126. The molecule has 0 fully saturated rings. The first-order valence-electron chi connectivity index (χ1n) is 5.05. The molecule has 0 aliphatic rings. The molecule has 1 aromatic carbocycles. The average molecular weight is 244 g/mol. The number of hydrogen-bond acceptors (Lipinski definition) is 3. The zero-order chi connectivity index (χ0) is 13.0. The van der Waals surface area contributed by atoms with Crippen molar-refractivity contribution in [2.24, 2.45) is 5.73 Å². The Labute approximate surface area is 97.8 Å². The largest absolute Gasteiger partial charge is 0.475 e. The van der Waals surface area contributed by atoms with Crippen LogP contribution in [0.2, 0.25) is 0 Å². The van der Waals surface area contributed by atoms with E-state index in [0.29, 0.717) is 5.56 Å². The highest BCUT2D eigenvalue weighted by Gasteiger charge is 2.19. The molecule has 0 bridgehead atoms. The minimum absolute atomic E-state index is 0.0269. The number of halogens is 2. The molecule has 1 aromatic rings. The van der Waals surface area contributed by atoms with Gasteiger partial charge in [0.2, 0.25) is 0 Å². The Morgan fingerprint density at radius 3 is 2.41 bits per heavy atom. The Bertz CT molecular complexity index is 401. The summed E-state index contributed by atoms with van der Waals surface area (Å²) < 4.78 is 31.9. The minimum atomic E-state index is -0.979. The Kier molecular flexibility index (Phi) is 4.39. The quantitative estimate of drug-likeness (QED) is 0.828. The minimum Gasteiger partial charge on any atom is -0.475 e. The molecule has 1 unspecified atom stereocenters. The number of carbonyl (C=O) groups is 1. The van der Waals surface area contributed by atoms with E-state index in [1.807, 2.05) is 0 Å². The fourth-order valence-electron chi connectivity index (χ4n) is 1.28. The van der Waals surface area contributed by atoms with Gasteiger partial charge in [-0.25, -0.2) is 8.78 Å². The van der Waals surface area contributed by atoms with Crippen molar-refractivity contribution in [2.75, 3.05) is 7.05 Å². The Hall–Kier alpha value is -1.69. The van der Waals surface area contributed by atoms with Crippen LogP contribution in [0, 0.1) is 11.6 Å². The van der Waals surface area contributed by atoms with Crippen LogP contribution in [0.1, 0.15) is 12.5 Å².